The van der Waals surface area contributed by atoms with Gasteiger partial charge in [-0.05, 0) is 41.4 Å². The molecule has 0 N–H and O–H groups in total. The van der Waals surface area contributed by atoms with E-state index in [9.17, 15) is 4.79 Å². The van der Waals surface area contributed by atoms with Crippen LogP contribution in [0.25, 0.3) is 16.6 Å². The van der Waals surface area contributed by atoms with E-state index >= 15 is 0 Å². The summed E-state index contributed by atoms with van der Waals surface area (Å²) in [7, 11) is 0. The number of rotatable bonds is 0. The molecule has 26 heavy (non-hydrogen) atoms. The van der Waals surface area contributed by atoms with Crippen molar-refractivity contribution in [2.24, 2.45) is 0 Å². The topological polar surface area (TPSA) is 30.2 Å². The van der Waals surface area contributed by atoms with Gasteiger partial charge in [0.15, 0.2) is 0 Å². The fraction of sp³-hybridized carbons (Fsp3) is 0.0952. The number of benzene rings is 2. The average molecular weight is 335 g/mol. The predicted octanol–water partition coefficient (Wildman–Crippen LogP) is 2.43. The van der Waals surface area contributed by atoms with Crippen molar-refractivity contribution < 1.29 is 0 Å². The molecule has 0 fully saturated rings. The Morgan fingerprint density at radius 3 is 2.85 bits per heavy atom. The van der Waals surface area contributed by atoms with E-state index in [0.717, 1.165) is 16.6 Å². The van der Waals surface area contributed by atoms with E-state index in [1.165, 1.54) is 16.7 Å². The maximum atomic E-state index is 13.3. The van der Waals surface area contributed by atoms with Crippen LogP contribution in [0.4, 0.5) is 5.69 Å². The number of allylic oxidation sites excluding steroid dienone is 2. The van der Waals surface area contributed by atoms with E-state index in [2.05, 4.69) is 58.3 Å². The van der Waals surface area contributed by atoms with E-state index in [4.69, 9.17) is 0 Å². The quantitative estimate of drug-likeness (QED) is 0.591. The Bertz CT molecular complexity index is 1290. The molecule has 2 unspecified atom stereocenters. The van der Waals surface area contributed by atoms with Crippen molar-refractivity contribution in [3.8, 4) is 5.69 Å². The van der Waals surface area contributed by atoms with Crippen molar-refractivity contribution in [3.05, 3.63) is 88.9 Å². The predicted molar refractivity (Wildman–Crippen MR) is 105 cm³/mol. The van der Waals surface area contributed by atoms with Gasteiger partial charge < -0.3 is 4.90 Å². The highest BCUT2D eigenvalue weighted by molar-refractivity contribution is 6.78. The van der Waals surface area contributed by atoms with E-state index < -0.39 is 0 Å². The van der Waals surface area contributed by atoms with Crippen LogP contribution in [0.3, 0.4) is 0 Å². The van der Waals surface area contributed by atoms with Crippen LogP contribution < -0.4 is 15.9 Å². The largest absolute Gasteiger partial charge is 0.341 e. The summed E-state index contributed by atoms with van der Waals surface area (Å²) in [5.74, 6) is 0.252. The Balaban J connectivity index is 1.66. The summed E-state index contributed by atoms with van der Waals surface area (Å²) in [6, 6.07) is 14.7. The third-order valence-corrected chi connectivity index (χ3v) is 6.33. The van der Waals surface area contributed by atoms with Crippen molar-refractivity contribution in [1.82, 2.24) is 9.27 Å². The molecule has 4 aliphatic rings. The molecule has 122 valence electrons. The van der Waals surface area contributed by atoms with E-state index in [1.54, 1.807) is 0 Å². The van der Waals surface area contributed by atoms with Gasteiger partial charge in [-0.2, -0.15) is 0 Å². The van der Waals surface area contributed by atoms with Crippen LogP contribution in [0.15, 0.2) is 83.3 Å². The Kier molecular flexibility index (Phi) is 2.07. The van der Waals surface area contributed by atoms with Crippen molar-refractivity contribution in [2.45, 2.75) is 11.9 Å². The molecule has 7 rings (SSSR count). The summed E-state index contributed by atoms with van der Waals surface area (Å²) >= 11 is 0. The van der Waals surface area contributed by atoms with E-state index in [-0.39, 0.29) is 24.3 Å². The van der Waals surface area contributed by atoms with Gasteiger partial charge in [0.25, 0.3) is 5.56 Å². The number of aromatic nitrogens is 2. The molecule has 1 aliphatic carbocycles. The zero-order chi connectivity index (χ0) is 17.0. The normalized spacial score (nSPS) is 23.3. The van der Waals surface area contributed by atoms with Crippen LogP contribution in [-0.2, 0) is 0 Å². The molecular formula is C21H14BN3O. The van der Waals surface area contributed by atoms with Crippen LogP contribution in [0, 0.1) is 0 Å². The first-order valence-corrected chi connectivity index (χ1v) is 9.05. The second-order valence-corrected chi connectivity index (χ2v) is 7.43. The molecule has 0 radical (unpaired) electrons. The van der Waals surface area contributed by atoms with Gasteiger partial charge in [-0.25, -0.2) is 0 Å². The number of hydrogen-bond donors (Lipinski definition) is 0. The number of anilines is 1. The smallest absolute Gasteiger partial charge is 0.332 e. The highest BCUT2D eigenvalue weighted by atomic mass is 16.1. The summed E-state index contributed by atoms with van der Waals surface area (Å²) in [5.41, 5.74) is 6.06. The van der Waals surface area contributed by atoms with Crippen LogP contribution in [0.2, 0.25) is 5.82 Å². The molecule has 1 aromatic heterocycles. The van der Waals surface area contributed by atoms with Crippen LogP contribution >= 0.6 is 0 Å². The lowest BCUT2D eigenvalue weighted by atomic mass is 9.42. The monoisotopic (exact) mass is 335 g/mol. The fourth-order valence-corrected chi connectivity index (χ4v) is 5.39. The molecule has 0 amide bonds. The lowest BCUT2D eigenvalue weighted by Crippen LogP contribution is -2.56. The van der Waals surface area contributed by atoms with Crippen LogP contribution in [-0.4, -0.2) is 22.2 Å². The molecule has 3 aliphatic heterocycles. The zero-order valence-corrected chi connectivity index (χ0v) is 13.9. The highest BCUT2D eigenvalue weighted by Gasteiger charge is 2.52. The first kappa shape index (κ1) is 13.1. The number of fused-ring (bicyclic) bond motifs is 7. The molecule has 2 aromatic carbocycles. The van der Waals surface area contributed by atoms with Gasteiger partial charge in [-0.15, -0.1) is 0 Å². The standard InChI is InChI=1S/C21H14BN3O/c26-21-14-6-1-2-8-16(14)24-18-10-4-9-17-19(18)22(25(21)24)15-7-3-5-13-11-12-23(17)20(13)15/h1-12,15,20H. The van der Waals surface area contributed by atoms with Gasteiger partial charge in [-0.3, -0.25) is 14.1 Å². The minimum atomic E-state index is 0.0437. The second kappa shape index (κ2) is 4.13. The van der Waals surface area contributed by atoms with Gasteiger partial charge in [0.1, 0.15) is 0 Å². The number of hydrogen-bond acceptors (Lipinski definition) is 2. The third-order valence-electron chi connectivity index (χ3n) is 6.33. The Morgan fingerprint density at radius 1 is 1.00 bits per heavy atom. The van der Waals surface area contributed by atoms with Crippen LogP contribution in [0.5, 0.6) is 0 Å². The summed E-state index contributed by atoms with van der Waals surface area (Å²) in [6.07, 6.45) is 11.0. The van der Waals surface area contributed by atoms with E-state index in [1.807, 2.05) is 28.9 Å². The Morgan fingerprint density at radius 2 is 1.88 bits per heavy atom. The molecule has 0 spiro atoms. The van der Waals surface area contributed by atoms with E-state index in [0.29, 0.717) is 0 Å². The zero-order valence-electron chi connectivity index (χ0n) is 13.9. The molecule has 3 aromatic rings. The maximum absolute atomic E-state index is 13.3. The molecular weight excluding hydrogens is 321 g/mol. The summed E-state index contributed by atoms with van der Waals surface area (Å²) in [4.78, 5) is 15.7. The van der Waals surface area contributed by atoms with Gasteiger partial charge in [-0.1, -0.05) is 36.4 Å². The van der Waals surface area contributed by atoms with Crippen molar-refractivity contribution >= 4 is 28.9 Å². The summed E-state index contributed by atoms with van der Waals surface area (Å²) < 4.78 is 4.13. The third kappa shape index (κ3) is 1.25. The lowest BCUT2D eigenvalue weighted by molar-refractivity contribution is 0.730. The highest BCUT2D eigenvalue weighted by Crippen LogP contribution is 2.45. The number of para-hydroxylation sites is 1. The summed E-state index contributed by atoms with van der Waals surface area (Å²) in [5, 5.41) is 0.797. The minimum absolute atomic E-state index is 0.0437. The van der Waals surface area contributed by atoms with Crippen molar-refractivity contribution in [3.63, 3.8) is 0 Å². The molecule has 0 bridgehead atoms. The minimum Gasteiger partial charge on any atom is -0.341 e. The molecule has 0 saturated carbocycles. The molecule has 0 saturated heterocycles. The molecule has 5 heteroatoms. The number of nitrogens with zero attached hydrogens (tertiary/aromatic N) is 3. The van der Waals surface area contributed by atoms with Gasteiger partial charge >= 0.3 is 6.85 Å². The first-order chi connectivity index (χ1) is 12.8. The van der Waals surface area contributed by atoms with Gasteiger partial charge in [0.05, 0.1) is 22.6 Å². The fourth-order valence-electron chi connectivity index (χ4n) is 5.39. The average Bonchev–Trinajstić information content (AvgIpc) is 3.34. The maximum Gasteiger partial charge on any atom is 0.332 e. The van der Waals surface area contributed by atoms with Crippen LogP contribution in [0.1, 0.15) is 0 Å². The molecule has 4 nitrogen and oxygen atoms in total. The van der Waals surface area contributed by atoms with Gasteiger partial charge in [0, 0.05) is 17.7 Å². The molecule has 2 atom stereocenters. The first-order valence-electron chi connectivity index (χ1n) is 9.05. The molecule has 4 heterocycles. The Labute approximate surface area is 150 Å². The van der Waals surface area contributed by atoms with Crippen molar-refractivity contribution in [2.75, 3.05) is 4.90 Å². The lowest BCUT2D eigenvalue weighted by Gasteiger charge is -2.41. The van der Waals surface area contributed by atoms with Gasteiger partial charge in [0.2, 0.25) is 0 Å². The second-order valence-electron chi connectivity index (χ2n) is 7.43. The van der Waals surface area contributed by atoms with Crippen molar-refractivity contribution in [1.29, 1.82) is 0 Å². The summed E-state index contributed by atoms with van der Waals surface area (Å²) in [6.45, 7) is 0.0437. The SMILES string of the molecule is O=c1c2ccccc2n2n1B1c3c(cccc3-2)N2C=CC3=CC=CC1C32. The Hall–Kier alpha value is -3.21.